The normalized spacial score (nSPS) is 18.8. The van der Waals surface area contributed by atoms with Crippen molar-refractivity contribution in [3.05, 3.63) is 29.8 Å². The highest BCUT2D eigenvalue weighted by Crippen LogP contribution is 2.11. The predicted molar refractivity (Wildman–Crippen MR) is 107 cm³/mol. The van der Waals surface area contributed by atoms with E-state index in [-0.39, 0.29) is 6.10 Å². The van der Waals surface area contributed by atoms with Crippen LogP contribution in [0.5, 0.6) is 5.75 Å². The fourth-order valence-corrected chi connectivity index (χ4v) is 3.13. The van der Waals surface area contributed by atoms with E-state index in [1.165, 1.54) is 5.56 Å². The zero-order chi connectivity index (χ0) is 18.8. The van der Waals surface area contributed by atoms with E-state index in [0.717, 1.165) is 57.5 Å². The van der Waals surface area contributed by atoms with Crippen molar-refractivity contribution in [3.63, 3.8) is 0 Å². The molecule has 1 heterocycles. The van der Waals surface area contributed by atoms with Crippen LogP contribution in [0.4, 0.5) is 0 Å². The molecule has 2 N–H and O–H groups in total. The molecule has 6 nitrogen and oxygen atoms in total. The minimum atomic E-state index is 0.211. The van der Waals surface area contributed by atoms with E-state index in [1.807, 2.05) is 12.1 Å². The molecule has 6 heteroatoms. The molecule has 1 aromatic carbocycles. The Morgan fingerprint density at radius 3 is 2.73 bits per heavy atom. The number of rotatable bonds is 8. The first-order valence-electron chi connectivity index (χ1n) is 9.52. The van der Waals surface area contributed by atoms with Gasteiger partial charge in [0.05, 0.1) is 19.8 Å². The van der Waals surface area contributed by atoms with Crippen LogP contribution in [0.1, 0.15) is 19.4 Å². The quantitative estimate of drug-likeness (QED) is 0.545. The molecule has 1 aromatic rings. The van der Waals surface area contributed by atoms with E-state index >= 15 is 0 Å². The van der Waals surface area contributed by atoms with E-state index in [9.17, 15) is 0 Å². The number of morpholine rings is 1. The molecule has 1 unspecified atom stereocenters. The molecule has 0 amide bonds. The highest BCUT2D eigenvalue weighted by molar-refractivity contribution is 5.79. The summed E-state index contributed by atoms with van der Waals surface area (Å²) < 4.78 is 11.1. The Labute approximate surface area is 158 Å². The second kappa shape index (κ2) is 11.0. The number of methoxy groups -OCH3 is 1. The molecule has 0 bridgehead atoms. The molecular formula is C20H34N4O2. The smallest absolute Gasteiger partial charge is 0.191 e. The molecular weight excluding hydrogens is 328 g/mol. The maximum absolute atomic E-state index is 5.88. The fraction of sp³-hybridized carbons (Fsp3) is 0.650. The molecule has 26 heavy (non-hydrogen) atoms. The van der Waals surface area contributed by atoms with Gasteiger partial charge >= 0.3 is 0 Å². The van der Waals surface area contributed by atoms with Gasteiger partial charge in [-0.05, 0) is 30.0 Å². The van der Waals surface area contributed by atoms with Crippen LogP contribution in [0, 0.1) is 5.92 Å². The molecule has 146 valence electrons. The number of aliphatic imine (C=N–C) groups is 1. The molecule has 1 aliphatic heterocycles. The number of nitrogens with zero attached hydrogens (tertiary/aromatic N) is 2. The van der Waals surface area contributed by atoms with Crippen molar-refractivity contribution < 1.29 is 9.47 Å². The van der Waals surface area contributed by atoms with Crippen LogP contribution >= 0.6 is 0 Å². The Bertz CT molecular complexity index is 545. The van der Waals surface area contributed by atoms with Crippen molar-refractivity contribution in [1.29, 1.82) is 0 Å². The number of hydrogen-bond acceptors (Lipinski definition) is 4. The number of benzene rings is 1. The van der Waals surface area contributed by atoms with Gasteiger partial charge < -0.3 is 20.1 Å². The molecule has 0 aromatic heterocycles. The maximum atomic E-state index is 5.88. The largest absolute Gasteiger partial charge is 0.497 e. The lowest BCUT2D eigenvalue weighted by Crippen LogP contribution is -2.50. The van der Waals surface area contributed by atoms with Gasteiger partial charge in [-0.3, -0.25) is 9.89 Å². The number of ether oxygens (including phenoxy) is 2. The van der Waals surface area contributed by atoms with E-state index in [0.29, 0.717) is 5.92 Å². The third-order valence-corrected chi connectivity index (χ3v) is 4.43. The Balaban J connectivity index is 1.68. The summed E-state index contributed by atoms with van der Waals surface area (Å²) >= 11 is 0. The Kier molecular flexibility index (Phi) is 8.71. The molecule has 1 atom stereocenters. The van der Waals surface area contributed by atoms with Crippen LogP contribution in [0.2, 0.25) is 0 Å². The summed E-state index contributed by atoms with van der Waals surface area (Å²) in [5.41, 5.74) is 1.27. The summed E-state index contributed by atoms with van der Waals surface area (Å²) in [6.45, 7) is 10.1. The van der Waals surface area contributed by atoms with Gasteiger partial charge in [-0.2, -0.15) is 0 Å². The van der Waals surface area contributed by atoms with Gasteiger partial charge in [-0.15, -0.1) is 0 Å². The van der Waals surface area contributed by atoms with Gasteiger partial charge in [0.2, 0.25) is 0 Å². The van der Waals surface area contributed by atoms with Gasteiger partial charge in [0, 0.05) is 39.8 Å². The molecule has 1 aliphatic rings. The van der Waals surface area contributed by atoms with Crippen LogP contribution in [0.15, 0.2) is 29.3 Å². The third kappa shape index (κ3) is 7.22. The zero-order valence-corrected chi connectivity index (χ0v) is 16.6. The number of nitrogens with one attached hydrogen (secondary N) is 2. The van der Waals surface area contributed by atoms with Gasteiger partial charge in [-0.25, -0.2) is 0 Å². The standard InChI is InChI=1S/C20H34N4O2/c1-16(2)14-24-11-12-26-19(15-24)13-23-20(21-3)22-10-9-17-5-7-18(25-4)8-6-17/h5-8,16,19H,9-15H2,1-4H3,(H2,21,22,23). The van der Waals surface area contributed by atoms with Gasteiger partial charge in [0.1, 0.15) is 5.75 Å². The van der Waals surface area contributed by atoms with E-state index in [4.69, 9.17) is 9.47 Å². The van der Waals surface area contributed by atoms with Gasteiger partial charge in [0.25, 0.3) is 0 Å². The Morgan fingerprint density at radius 1 is 1.31 bits per heavy atom. The SMILES string of the molecule is CN=C(NCCc1ccc(OC)cc1)NCC1CN(CC(C)C)CCO1. The van der Waals surface area contributed by atoms with Crippen molar-refractivity contribution in [3.8, 4) is 5.75 Å². The van der Waals surface area contributed by atoms with Crippen LogP contribution in [0.25, 0.3) is 0 Å². The monoisotopic (exact) mass is 362 g/mol. The Hall–Kier alpha value is -1.79. The third-order valence-electron chi connectivity index (χ3n) is 4.43. The summed E-state index contributed by atoms with van der Waals surface area (Å²) in [6, 6.07) is 8.17. The summed E-state index contributed by atoms with van der Waals surface area (Å²) in [4.78, 5) is 6.79. The first-order valence-corrected chi connectivity index (χ1v) is 9.52. The lowest BCUT2D eigenvalue weighted by atomic mass is 10.1. The first-order chi connectivity index (χ1) is 12.6. The van der Waals surface area contributed by atoms with E-state index < -0.39 is 0 Å². The summed E-state index contributed by atoms with van der Waals surface area (Å²) in [5, 5.41) is 6.75. The van der Waals surface area contributed by atoms with Crippen molar-refractivity contribution in [2.75, 3.05) is 53.5 Å². The lowest BCUT2D eigenvalue weighted by Gasteiger charge is -2.34. The molecule has 1 saturated heterocycles. The molecule has 0 radical (unpaired) electrons. The van der Waals surface area contributed by atoms with Crippen molar-refractivity contribution in [2.45, 2.75) is 26.4 Å². The molecule has 0 aliphatic carbocycles. The van der Waals surface area contributed by atoms with Crippen molar-refractivity contribution in [2.24, 2.45) is 10.9 Å². The van der Waals surface area contributed by atoms with Crippen LogP contribution in [-0.4, -0.2) is 70.5 Å². The second-order valence-electron chi connectivity index (χ2n) is 7.12. The van der Waals surface area contributed by atoms with E-state index in [1.54, 1.807) is 14.2 Å². The number of guanidine groups is 1. The van der Waals surface area contributed by atoms with Crippen LogP contribution < -0.4 is 15.4 Å². The molecule has 2 rings (SSSR count). The fourth-order valence-electron chi connectivity index (χ4n) is 3.13. The topological polar surface area (TPSA) is 58.1 Å². The second-order valence-corrected chi connectivity index (χ2v) is 7.12. The van der Waals surface area contributed by atoms with Gasteiger partial charge in [-0.1, -0.05) is 26.0 Å². The summed E-state index contributed by atoms with van der Waals surface area (Å²) in [6.07, 6.45) is 1.15. The average molecular weight is 363 g/mol. The highest BCUT2D eigenvalue weighted by atomic mass is 16.5. The molecule has 1 fully saturated rings. The minimum Gasteiger partial charge on any atom is -0.497 e. The first kappa shape index (κ1) is 20.5. The van der Waals surface area contributed by atoms with E-state index in [2.05, 4.69) is 46.5 Å². The zero-order valence-electron chi connectivity index (χ0n) is 16.6. The van der Waals surface area contributed by atoms with Crippen molar-refractivity contribution >= 4 is 5.96 Å². The van der Waals surface area contributed by atoms with Crippen molar-refractivity contribution in [1.82, 2.24) is 15.5 Å². The maximum Gasteiger partial charge on any atom is 0.191 e. The number of hydrogen-bond donors (Lipinski definition) is 2. The van der Waals surface area contributed by atoms with Crippen LogP contribution in [-0.2, 0) is 11.2 Å². The molecule has 0 spiro atoms. The summed E-state index contributed by atoms with van der Waals surface area (Å²) in [5.74, 6) is 2.40. The predicted octanol–water partition coefficient (Wildman–Crippen LogP) is 1.76. The molecule has 0 saturated carbocycles. The minimum absolute atomic E-state index is 0.211. The average Bonchev–Trinajstić information content (AvgIpc) is 2.65. The van der Waals surface area contributed by atoms with Crippen LogP contribution in [0.3, 0.4) is 0 Å². The lowest BCUT2D eigenvalue weighted by molar-refractivity contribution is -0.0284. The van der Waals surface area contributed by atoms with Gasteiger partial charge in [0.15, 0.2) is 5.96 Å². The Morgan fingerprint density at radius 2 is 2.08 bits per heavy atom. The highest BCUT2D eigenvalue weighted by Gasteiger charge is 2.20. The summed E-state index contributed by atoms with van der Waals surface area (Å²) in [7, 11) is 3.49.